The van der Waals surface area contributed by atoms with E-state index in [2.05, 4.69) is 55.3 Å². The van der Waals surface area contributed by atoms with E-state index in [0.29, 0.717) is 17.7 Å². The first-order chi connectivity index (χ1) is 21.0. The first-order valence-corrected chi connectivity index (χ1v) is 15.0. The number of nitrogens with zero attached hydrogens (tertiary/aromatic N) is 5. The van der Waals surface area contributed by atoms with Gasteiger partial charge in [-0.3, -0.25) is 9.78 Å². The van der Waals surface area contributed by atoms with Gasteiger partial charge in [-0.15, -0.1) is 0 Å². The van der Waals surface area contributed by atoms with E-state index in [1.165, 1.54) is 31.2 Å². The second-order valence-electron chi connectivity index (χ2n) is 11.3. The molecule has 222 valence electrons. The van der Waals surface area contributed by atoms with E-state index in [0.717, 1.165) is 43.0 Å². The second kappa shape index (κ2) is 13.7. The summed E-state index contributed by atoms with van der Waals surface area (Å²) in [5.74, 6) is 1.05. The first-order valence-electron chi connectivity index (χ1n) is 15.0. The minimum atomic E-state index is -0.378. The van der Waals surface area contributed by atoms with Gasteiger partial charge in [0.2, 0.25) is 0 Å². The minimum Gasteiger partial charge on any atom is -0.462 e. The maximum atomic E-state index is 11.6. The van der Waals surface area contributed by atoms with Crippen LogP contribution in [0.2, 0.25) is 0 Å². The lowest BCUT2D eigenvalue weighted by atomic mass is 9.62. The van der Waals surface area contributed by atoms with Crippen LogP contribution in [0.3, 0.4) is 0 Å². The molecule has 2 fully saturated rings. The Hall–Kier alpha value is -4.37. The summed E-state index contributed by atoms with van der Waals surface area (Å²) >= 11 is 0. The highest BCUT2D eigenvalue weighted by Gasteiger charge is 2.41. The number of esters is 1. The first kappa shape index (κ1) is 30.1. The molecule has 9 heteroatoms. The molecule has 2 aliphatic carbocycles. The zero-order chi connectivity index (χ0) is 30.1. The molecule has 3 heterocycles. The standard InChI is InChI=1S/C17H19N3O2.C17H19N3O/c1-2-22-16(21)13-11-19-15(20-12-13)10-17(7-5-8-17)14-6-3-4-9-18-14;18-10-15(21)13-11-19-16(20-12-13)9-17(7-4-8-17)14-5-2-1-3-6-14/h3-4,6,9,11-12H,2,5,7-8,10H2,1H3;1-3,5-6,11-12H,4,7-10,18H2. The van der Waals surface area contributed by atoms with Gasteiger partial charge in [0.25, 0.3) is 0 Å². The van der Waals surface area contributed by atoms with Gasteiger partial charge in [0.1, 0.15) is 11.6 Å². The van der Waals surface area contributed by atoms with Crippen LogP contribution in [-0.4, -0.2) is 49.8 Å². The normalized spacial score (nSPS) is 16.0. The molecular formula is C34H38N6O3. The largest absolute Gasteiger partial charge is 0.462 e. The SMILES string of the molecule is CCOC(=O)c1cnc(CC2(c3ccccn3)CCC2)nc1.NCC(=O)c1cnc(CC2(c3ccccc3)CCC2)nc1. The minimum absolute atomic E-state index is 0.00331. The Morgan fingerprint density at radius 3 is 1.79 bits per heavy atom. The van der Waals surface area contributed by atoms with E-state index in [9.17, 15) is 9.59 Å². The van der Waals surface area contributed by atoms with Crippen LogP contribution in [0.1, 0.15) is 89.1 Å². The number of nitrogens with two attached hydrogens (primary N) is 1. The molecular weight excluding hydrogens is 540 g/mol. The highest BCUT2D eigenvalue weighted by Crippen LogP contribution is 2.46. The van der Waals surface area contributed by atoms with Gasteiger partial charge in [-0.05, 0) is 50.3 Å². The molecule has 0 unspecified atom stereocenters. The summed E-state index contributed by atoms with van der Waals surface area (Å²) in [4.78, 5) is 45.0. The Labute approximate surface area is 252 Å². The van der Waals surface area contributed by atoms with E-state index in [1.54, 1.807) is 31.7 Å². The highest BCUT2D eigenvalue weighted by atomic mass is 16.5. The van der Waals surface area contributed by atoms with Crippen molar-refractivity contribution in [2.45, 2.75) is 69.1 Å². The molecule has 0 amide bonds. The number of ketones is 1. The molecule has 43 heavy (non-hydrogen) atoms. The van der Waals surface area contributed by atoms with Crippen LogP contribution >= 0.6 is 0 Å². The lowest BCUT2D eigenvalue weighted by Crippen LogP contribution is -2.38. The number of rotatable bonds is 10. The summed E-state index contributed by atoms with van der Waals surface area (Å²) in [7, 11) is 0. The van der Waals surface area contributed by atoms with Gasteiger partial charge in [-0.2, -0.15) is 0 Å². The van der Waals surface area contributed by atoms with Crippen LogP contribution in [0.4, 0.5) is 0 Å². The van der Waals surface area contributed by atoms with Crippen molar-refractivity contribution < 1.29 is 14.3 Å². The Bertz CT molecular complexity index is 1490. The summed E-state index contributed by atoms with van der Waals surface area (Å²) in [5.41, 5.74) is 8.92. The zero-order valence-corrected chi connectivity index (χ0v) is 24.6. The number of hydrogen-bond acceptors (Lipinski definition) is 9. The third-order valence-electron chi connectivity index (χ3n) is 8.64. The maximum Gasteiger partial charge on any atom is 0.341 e. The molecule has 2 N–H and O–H groups in total. The number of hydrogen-bond donors (Lipinski definition) is 1. The number of ether oxygens (including phenoxy) is 1. The van der Waals surface area contributed by atoms with Crippen LogP contribution in [0.5, 0.6) is 0 Å². The fourth-order valence-electron chi connectivity index (χ4n) is 5.85. The van der Waals surface area contributed by atoms with Gasteiger partial charge < -0.3 is 10.5 Å². The topological polar surface area (TPSA) is 134 Å². The van der Waals surface area contributed by atoms with Gasteiger partial charge in [0.05, 0.1) is 24.3 Å². The number of aromatic nitrogens is 5. The number of benzene rings is 1. The van der Waals surface area contributed by atoms with Crippen LogP contribution in [0, 0.1) is 0 Å². The second-order valence-corrected chi connectivity index (χ2v) is 11.3. The molecule has 6 rings (SSSR count). The van der Waals surface area contributed by atoms with Gasteiger partial charge in [-0.25, -0.2) is 24.7 Å². The Morgan fingerprint density at radius 1 is 0.744 bits per heavy atom. The highest BCUT2D eigenvalue weighted by molar-refractivity contribution is 5.96. The van der Waals surface area contributed by atoms with E-state index in [1.807, 2.05) is 24.4 Å². The van der Waals surface area contributed by atoms with E-state index >= 15 is 0 Å². The Kier molecular flexibility index (Phi) is 9.61. The van der Waals surface area contributed by atoms with Crippen molar-refractivity contribution >= 4 is 11.8 Å². The molecule has 2 aliphatic rings. The lowest BCUT2D eigenvalue weighted by molar-refractivity contribution is 0.0525. The number of carbonyl (C=O) groups is 2. The fourth-order valence-corrected chi connectivity index (χ4v) is 5.85. The molecule has 2 saturated carbocycles. The van der Waals surface area contributed by atoms with Crippen molar-refractivity contribution in [1.82, 2.24) is 24.9 Å². The molecule has 4 aromatic rings. The van der Waals surface area contributed by atoms with Gasteiger partial charge >= 0.3 is 5.97 Å². The average molecular weight is 579 g/mol. The molecule has 0 saturated heterocycles. The van der Waals surface area contributed by atoms with Crippen LogP contribution < -0.4 is 5.73 Å². The fraction of sp³-hybridized carbons (Fsp3) is 0.382. The molecule has 0 spiro atoms. The number of pyridine rings is 1. The van der Waals surface area contributed by atoms with Crippen molar-refractivity contribution in [3.63, 3.8) is 0 Å². The van der Waals surface area contributed by atoms with Crippen molar-refractivity contribution in [1.29, 1.82) is 0 Å². The average Bonchev–Trinajstić information content (AvgIpc) is 3.02. The van der Waals surface area contributed by atoms with Gasteiger partial charge in [0, 0.05) is 60.3 Å². The number of Topliss-reactive ketones (excluding diaryl/α,β-unsaturated/α-hetero) is 1. The molecule has 9 nitrogen and oxygen atoms in total. The van der Waals surface area contributed by atoms with Crippen LogP contribution in [0.15, 0.2) is 79.5 Å². The summed E-state index contributed by atoms with van der Waals surface area (Å²) in [6.07, 6.45) is 16.7. The molecule has 0 bridgehead atoms. The summed E-state index contributed by atoms with van der Waals surface area (Å²) in [6, 6.07) is 16.6. The molecule has 0 aliphatic heterocycles. The lowest BCUT2D eigenvalue weighted by Gasteiger charge is -2.42. The third kappa shape index (κ3) is 7.00. The van der Waals surface area contributed by atoms with E-state index in [4.69, 9.17) is 10.5 Å². The van der Waals surface area contributed by atoms with Gasteiger partial charge in [0.15, 0.2) is 5.78 Å². The van der Waals surface area contributed by atoms with Crippen molar-refractivity contribution in [3.8, 4) is 0 Å². The predicted octanol–water partition coefficient (Wildman–Crippen LogP) is 5.00. The monoisotopic (exact) mass is 578 g/mol. The Morgan fingerprint density at radius 2 is 1.30 bits per heavy atom. The summed E-state index contributed by atoms with van der Waals surface area (Å²) in [6.45, 7) is 2.13. The molecule has 1 aromatic carbocycles. The third-order valence-corrected chi connectivity index (χ3v) is 8.64. The number of carbonyl (C=O) groups excluding carboxylic acids is 2. The van der Waals surface area contributed by atoms with E-state index < -0.39 is 0 Å². The van der Waals surface area contributed by atoms with Crippen molar-refractivity contribution in [2.75, 3.05) is 13.2 Å². The molecule has 3 aromatic heterocycles. The van der Waals surface area contributed by atoms with Crippen LogP contribution in [0.25, 0.3) is 0 Å². The van der Waals surface area contributed by atoms with Crippen LogP contribution in [-0.2, 0) is 28.4 Å². The van der Waals surface area contributed by atoms with Gasteiger partial charge in [-0.1, -0.05) is 49.2 Å². The molecule has 0 radical (unpaired) electrons. The predicted molar refractivity (Wildman–Crippen MR) is 163 cm³/mol. The zero-order valence-electron chi connectivity index (χ0n) is 24.6. The van der Waals surface area contributed by atoms with Crippen molar-refractivity contribution in [2.24, 2.45) is 5.73 Å². The quantitative estimate of drug-likeness (QED) is 0.204. The Balaban J connectivity index is 0.000000171. The van der Waals surface area contributed by atoms with Crippen molar-refractivity contribution in [3.05, 3.63) is 114 Å². The van der Waals surface area contributed by atoms with E-state index in [-0.39, 0.29) is 29.1 Å². The maximum absolute atomic E-state index is 11.6. The summed E-state index contributed by atoms with van der Waals surface area (Å²) < 4.78 is 4.94. The molecule has 0 atom stereocenters. The summed E-state index contributed by atoms with van der Waals surface area (Å²) in [5, 5.41) is 0. The smallest absolute Gasteiger partial charge is 0.341 e.